The van der Waals surface area contributed by atoms with Crippen molar-refractivity contribution in [1.29, 1.82) is 0 Å². The Balaban J connectivity index is 1.87. The van der Waals surface area contributed by atoms with Crippen molar-refractivity contribution in [3.63, 3.8) is 0 Å². The Bertz CT molecular complexity index is 940. The van der Waals surface area contributed by atoms with E-state index >= 15 is 0 Å². The van der Waals surface area contributed by atoms with Crippen LogP contribution < -0.4 is 10.6 Å². The molecular weight excluding hydrogens is 396 g/mol. The van der Waals surface area contributed by atoms with E-state index in [4.69, 9.17) is 0 Å². The van der Waals surface area contributed by atoms with Gasteiger partial charge in [0.1, 0.15) is 0 Å². The number of nitrogens with one attached hydrogen (secondary N) is 2. The van der Waals surface area contributed by atoms with Crippen LogP contribution in [0.1, 0.15) is 24.2 Å². The first-order valence-electron chi connectivity index (χ1n) is 9.16. The molecule has 0 aliphatic rings. The van der Waals surface area contributed by atoms with Gasteiger partial charge in [0.25, 0.3) is 11.6 Å². The van der Waals surface area contributed by atoms with Crippen LogP contribution in [0.5, 0.6) is 0 Å². The molecule has 0 radical (unpaired) electrons. The van der Waals surface area contributed by atoms with Crippen LogP contribution >= 0.6 is 0 Å². The van der Waals surface area contributed by atoms with Crippen molar-refractivity contribution >= 4 is 27.3 Å². The molecular formula is C19H24N4O5S. The number of anilines is 1. The predicted molar refractivity (Wildman–Crippen MR) is 110 cm³/mol. The van der Waals surface area contributed by atoms with Gasteiger partial charge in [0.05, 0.1) is 9.82 Å². The summed E-state index contributed by atoms with van der Waals surface area (Å²) in [5.74, 6) is -0.317. The number of carbonyl (C=O) groups excluding carboxylic acids is 1. The largest absolute Gasteiger partial charge is 0.383 e. The first-order valence-corrected chi connectivity index (χ1v) is 10.6. The summed E-state index contributed by atoms with van der Waals surface area (Å²) in [4.78, 5) is 22.5. The summed E-state index contributed by atoms with van der Waals surface area (Å²) in [5, 5.41) is 16.4. The minimum Gasteiger partial charge on any atom is -0.383 e. The van der Waals surface area contributed by atoms with E-state index in [9.17, 15) is 23.3 Å². The lowest BCUT2D eigenvalue weighted by atomic mass is 10.2. The lowest BCUT2D eigenvalue weighted by Gasteiger charge is -2.18. The smallest absolute Gasteiger partial charge is 0.269 e. The fourth-order valence-electron chi connectivity index (χ4n) is 2.68. The molecule has 0 bridgehead atoms. The molecule has 0 aliphatic carbocycles. The quantitative estimate of drug-likeness (QED) is 0.346. The molecule has 0 fully saturated rings. The van der Waals surface area contributed by atoms with E-state index in [2.05, 4.69) is 10.6 Å². The Morgan fingerprint density at radius 2 is 1.59 bits per heavy atom. The van der Waals surface area contributed by atoms with Crippen LogP contribution in [0, 0.1) is 10.1 Å². The van der Waals surface area contributed by atoms with Crippen LogP contribution in [0.3, 0.4) is 0 Å². The summed E-state index contributed by atoms with van der Waals surface area (Å²) in [6, 6.07) is 11.8. The average Bonchev–Trinajstić information content (AvgIpc) is 2.72. The summed E-state index contributed by atoms with van der Waals surface area (Å²) in [7, 11) is -3.55. The van der Waals surface area contributed by atoms with Crippen LogP contribution in [0.15, 0.2) is 53.4 Å². The molecule has 0 unspecified atom stereocenters. The van der Waals surface area contributed by atoms with Gasteiger partial charge >= 0.3 is 0 Å². The number of hydrogen-bond donors (Lipinski definition) is 2. The molecule has 1 amide bonds. The second kappa shape index (κ2) is 9.99. The highest BCUT2D eigenvalue weighted by molar-refractivity contribution is 7.89. The third-order valence-corrected chi connectivity index (χ3v) is 6.34. The molecule has 2 aromatic carbocycles. The van der Waals surface area contributed by atoms with Crippen molar-refractivity contribution < 1.29 is 18.1 Å². The van der Waals surface area contributed by atoms with Gasteiger partial charge in [-0.25, -0.2) is 8.42 Å². The molecule has 2 aromatic rings. The predicted octanol–water partition coefficient (Wildman–Crippen LogP) is 2.47. The van der Waals surface area contributed by atoms with Gasteiger partial charge in [-0.15, -0.1) is 0 Å². The third-order valence-electron chi connectivity index (χ3n) is 4.28. The molecule has 9 nitrogen and oxygen atoms in total. The Morgan fingerprint density at radius 3 is 2.10 bits per heavy atom. The van der Waals surface area contributed by atoms with E-state index in [1.54, 1.807) is 26.0 Å². The number of hydrogen-bond acceptors (Lipinski definition) is 6. The molecule has 0 saturated carbocycles. The van der Waals surface area contributed by atoms with Crippen LogP contribution in [-0.2, 0) is 10.0 Å². The minimum absolute atomic E-state index is 0.00954. The maximum atomic E-state index is 12.5. The van der Waals surface area contributed by atoms with E-state index in [1.165, 1.54) is 40.7 Å². The van der Waals surface area contributed by atoms with Crippen LogP contribution in [0.2, 0.25) is 0 Å². The molecule has 0 spiro atoms. The number of rotatable bonds is 10. The summed E-state index contributed by atoms with van der Waals surface area (Å²) < 4.78 is 26.3. The zero-order valence-electron chi connectivity index (χ0n) is 16.3. The van der Waals surface area contributed by atoms with Crippen LogP contribution in [-0.4, -0.2) is 49.7 Å². The lowest BCUT2D eigenvalue weighted by molar-refractivity contribution is -0.384. The van der Waals surface area contributed by atoms with E-state index in [-0.39, 0.29) is 16.5 Å². The monoisotopic (exact) mass is 420 g/mol. The number of sulfonamides is 1. The molecule has 0 aromatic heterocycles. The van der Waals surface area contributed by atoms with Crippen LogP contribution in [0.25, 0.3) is 0 Å². The highest BCUT2D eigenvalue weighted by Gasteiger charge is 2.21. The molecule has 0 heterocycles. The molecule has 0 atom stereocenters. The average molecular weight is 420 g/mol. The maximum absolute atomic E-state index is 12.5. The first kappa shape index (κ1) is 22.3. The molecule has 29 heavy (non-hydrogen) atoms. The van der Waals surface area contributed by atoms with E-state index < -0.39 is 14.9 Å². The Morgan fingerprint density at radius 1 is 1.00 bits per heavy atom. The van der Waals surface area contributed by atoms with Gasteiger partial charge in [0.2, 0.25) is 10.0 Å². The number of benzene rings is 2. The Kier molecular flexibility index (Phi) is 7.68. The van der Waals surface area contributed by atoms with Gasteiger partial charge in [-0.1, -0.05) is 13.8 Å². The third kappa shape index (κ3) is 5.75. The zero-order chi connectivity index (χ0) is 21.4. The van der Waals surface area contributed by atoms with Gasteiger partial charge in [-0.2, -0.15) is 4.31 Å². The van der Waals surface area contributed by atoms with Crippen molar-refractivity contribution in [3.8, 4) is 0 Å². The van der Waals surface area contributed by atoms with Gasteiger partial charge in [0.15, 0.2) is 0 Å². The van der Waals surface area contributed by atoms with E-state index in [1.807, 2.05) is 0 Å². The zero-order valence-corrected chi connectivity index (χ0v) is 17.1. The molecule has 2 N–H and O–H groups in total. The summed E-state index contributed by atoms with van der Waals surface area (Å²) in [6.45, 7) is 5.06. The van der Waals surface area contributed by atoms with Gasteiger partial charge in [-0.05, 0) is 36.4 Å². The standard InChI is InChI=1S/C19H24N4O5S/c1-3-22(4-2)29(27,28)18-11-5-15(6-12-18)19(24)21-14-13-20-16-7-9-17(10-8-16)23(25)26/h5-12,20H,3-4,13-14H2,1-2H3,(H,21,24). The number of amides is 1. The molecule has 0 saturated heterocycles. The number of carbonyl (C=O) groups is 1. The number of non-ortho nitro benzene ring substituents is 1. The SMILES string of the molecule is CCN(CC)S(=O)(=O)c1ccc(C(=O)NCCNc2ccc([N+](=O)[O-])cc2)cc1. The molecule has 2 rings (SSSR count). The minimum atomic E-state index is -3.55. The van der Waals surface area contributed by atoms with Gasteiger partial charge < -0.3 is 10.6 Å². The van der Waals surface area contributed by atoms with E-state index in [0.29, 0.717) is 37.4 Å². The fourth-order valence-corrected chi connectivity index (χ4v) is 4.13. The van der Waals surface area contributed by atoms with Crippen molar-refractivity contribution in [2.45, 2.75) is 18.7 Å². The fraction of sp³-hybridized carbons (Fsp3) is 0.316. The van der Waals surface area contributed by atoms with Crippen molar-refractivity contribution in [2.24, 2.45) is 0 Å². The number of nitro benzene ring substituents is 1. The highest BCUT2D eigenvalue weighted by atomic mass is 32.2. The van der Waals surface area contributed by atoms with Gasteiger partial charge in [0, 0.05) is 49.6 Å². The number of nitrogens with zero attached hydrogens (tertiary/aromatic N) is 2. The van der Waals surface area contributed by atoms with Crippen molar-refractivity contribution in [3.05, 3.63) is 64.2 Å². The highest BCUT2D eigenvalue weighted by Crippen LogP contribution is 2.16. The maximum Gasteiger partial charge on any atom is 0.269 e. The Hall–Kier alpha value is -2.98. The molecule has 10 heteroatoms. The van der Waals surface area contributed by atoms with E-state index in [0.717, 1.165) is 0 Å². The number of nitro groups is 1. The van der Waals surface area contributed by atoms with Crippen molar-refractivity contribution in [2.75, 3.05) is 31.5 Å². The summed E-state index contributed by atoms with van der Waals surface area (Å²) >= 11 is 0. The van der Waals surface area contributed by atoms with Crippen molar-refractivity contribution in [1.82, 2.24) is 9.62 Å². The van der Waals surface area contributed by atoms with Crippen LogP contribution in [0.4, 0.5) is 11.4 Å². The molecule has 156 valence electrons. The normalized spacial score (nSPS) is 11.3. The first-order chi connectivity index (χ1) is 13.8. The summed E-state index contributed by atoms with van der Waals surface area (Å²) in [5.41, 5.74) is 1.07. The lowest BCUT2D eigenvalue weighted by Crippen LogP contribution is -2.31. The summed E-state index contributed by atoms with van der Waals surface area (Å²) in [6.07, 6.45) is 0. The Labute approximate surface area is 169 Å². The molecule has 0 aliphatic heterocycles. The topological polar surface area (TPSA) is 122 Å². The van der Waals surface area contributed by atoms with Gasteiger partial charge in [-0.3, -0.25) is 14.9 Å². The second-order valence-corrected chi connectivity index (χ2v) is 8.04. The second-order valence-electron chi connectivity index (χ2n) is 6.10.